The van der Waals surface area contributed by atoms with Crippen molar-refractivity contribution in [2.75, 3.05) is 0 Å². The topological polar surface area (TPSA) is 29.4 Å². The monoisotopic (exact) mass is 355 g/mol. The SMILES string of the molecule is CC(C)(C)S(=O)/N=C(\c1cc(Br)ccc1F)C(F)F. The second kappa shape index (κ2) is 6.17. The van der Waals surface area contributed by atoms with Crippen molar-refractivity contribution in [2.45, 2.75) is 31.9 Å². The summed E-state index contributed by atoms with van der Waals surface area (Å²) >= 11 is 3.08. The third-order valence-electron chi connectivity index (χ3n) is 2.12. The standard InChI is InChI=1S/C12H13BrF3NOS/c1-12(2,3)19(18)17-10(11(15)16)8-6-7(13)4-5-9(8)14/h4-6,11H,1-3H3/b17-10+. The van der Waals surface area contributed by atoms with Crippen LogP contribution in [0.2, 0.25) is 0 Å². The number of hydrogen-bond acceptors (Lipinski definition) is 1. The molecule has 0 heterocycles. The van der Waals surface area contributed by atoms with Crippen molar-refractivity contribution in [3.05, 3.63) is 34.1 Å². The van der Waals surface area contributed by atoms with Gasteiger partial charge in [0, 0.05) is 10.0 Å². The summed E-state index contributed by atoms with van der Waals surface area (Å²) in [5.41, 5.74) is -1.14. The van der Waals surface area contributed by atoms with E-state index < -0.39 is 33.7 Å². The van der Waals surface area contributed by atoms with E-state index in [9.17, 15) is 17.4 Å². The Balaban J connectivity index is 3.33. The van der Waals surface area contributed by atoms with Crippen LogP contribution >= 0.6 is 15.9 Å². The molecule has 106 valence electrons. The van der Waals surface area contributed by atoms with Crippen molar-refractivity contribution >= 4 is 32.6 Å². The highest BCUT2D eigenvalue weighted by atomic mass is 79.9. The number of nitrogens with zero attached hydrogens (tertiary/aromatic N) is 1. The molecule has 2 nitrogen and oxygen atoms in total. The molecule has 0 aliphatic carbocycles. The smallest absolute Gasteiger partial charge is 0.234 e. The zero-order chi connectivity index (χ0) is 14.8. The molecule has 0 saturated carbocycles. The van der Waals surface area contributed by atoms with Crippen molar-refractivity contribution in [3.8, 4) is 0 Å². The molecule has 1 rings (SSSR count). The number of alkyl halides is 2. The molecule has 1 aromatic rings. The Hall–Kier alpha value is -0.690. The van der Waals surface area contributed by atoms with Gasteiger partial charge in [-0.25, -0.2) is 17.4 Å². The number of hydrogen-bond donors (Lipinski definition) is 0. The van der Waals surface area contributed by atoms with Crippen molar-refractivity contribution in [2.24, 2.45) is 4.40 Å². The Labute approximate surface area is 120 Å². The molecule has 1 aromatic carbocycles. The van der Waals surface area contributed by atoms with E-state index in [1.807, 2.05) is 0 Å². The minimum Gasteiger partial charge on any atom is -0.234 e. The first-order valence-corrected chi connectivity index (χ1v) is 7.27. The molecular formula is C12H13BrF3NOS. The maximum absolute atomic E-state index is 13.6. The van der Waals surface area contributed by atoms with Gasteiger partial charge in [0.15, 0.2) is 0 Å². The second-order valence-electron chi connectivity index (χ2n) is 4.76. The van der Waals surface area contributed by atoms with E-state index >= 15 is 0 Å². The molecule has 0 bridgehead atoms. The zero-order valence-electron chi connectivity index (χ0n) is 10.6. The van der Waals surface area contributed by atoms with Gasteiger partial charge in [0.05, 0.1) is 4.75 Å². The van der Waals surface area contributed by atoms with Crippen LogP contribution in [0, 0.1) is 5.82 Å². The van der Waals surface area contributed by atoms with E-state index in [1.54, 1.807) is 20.8 Å². The number of halogens is 4. The van der Waals surface area contributed by atoms with Crippen LogP contribution in [0.5, 0.6) is 0 Å². The lowest BCUT2D eigenvalue weighted by atomic mass is 10.1. The van der Waals surface area contributed by atoms with Crippen LogP contribution in [0.15, 0.2) is 27.1 Å². The molecule has 0 aliphatic rings. The normalized spacial score (nSPS) is 14.8. The molecule has 0 radical (unpaired) electrons. The lowest BCUT2D eigenvalue weighted by Gasteiger charge is -2.15. The Morgan fingerprint density at radius 1 is 1.37 bits per heavy atom. The van der Waals surface area contributed by atoms with Gasteiger partial charge in [0.1, 0.15) is 22.5 Å². The van der Waals surface area contributed by atoms with Gasteiger partial charge < -0.3 is 0 Å². The Bertz CT molecular complexity index is 526. The average Bonchev–Trinajstić information content (AvgIpc) is 2.27. The molecule has 0 N–H and O–H groups in total. The molecule has 1 unspecified atom stereocenters. The third kappa shape index (κ3) is 4.42. The Morgan fingerprint density at radius 2 is 1.95 bits per heavy atom. The highest BCUT2D eigenvalue weighted by molar-refractivity contribution is 9.10. The first-order valence-electron chi connectivity index (χ1n) is 5.37. The maximum atomic E-state index is 13.6. The fraction of sp³-hybridized carbons (Fsp3) is 0.417. The van der Waals surface area contributed by atoms with Crippen LogP contribution in [0.25, 0.3) is 0 Å². The van der Waals surface area contributed by atoms with Crippen molar-refractivity contribution < 1.29 is 17.4 Å². The minimum atomic E-state index is -3.00. The van der Waals surface area contributed by atoms with E-state index in [0.717, 1.165) is 6.07 Å². The van der Waals surface area contributed by atoms with Crippen molar-refractivity contribution in [1.29, 1.82) is 0 Å². The summed E-state index contributed by atoms with van der Waals surface area (Å²) in [5.74, 6) is -0.826. The van der Waals surface area contributed by atoms with E-state index in [4.69, 9.17) is 0 Å². The molecule has 1 atom stereocenters. The van der Waals surface area contributed by atoms with Gasteiger partial charge in [-0.2, -0.15) is 4.40 Å². The van der Waals surface area contributed by atoms with Crippen LogP contribution < -0.4 is 0 Å². The largest absolute Gasteiger partial charge is 0.281 e. The van der Waals surface area contributed by atoms with Gasteiger partial charge in [-0.3, -0.25) is 0 Å². The molecule has 0 spiro atoms. The van der Waals surface area contributed by atoms with Crippen LogP contribution in [-0.2, 0) is 11.0 Å². The average molecular weight is 356 g/mol. The highest BCUT2D eigenvalue weighted by Crippen LogP contribution is 2.21. The molecule has 0 amide bonds. The summed E-state index contributed by atoms with van der Waals surface area (Å²) in [6.07, 6.45) is -3.00. The minimum absolute atomic E-state index is 0.345. The van der Waals surface area contributed by atoms with Gasteiger partial charge in [0.2, 0.25) is 0 Å². The third-order valence-corrected chi connectivity index (χ3v) is 4.02. The Morgan fingerprint density at radius 3 is 2.42 bits per heavy atom. The molecule has 7 heteroatoms. The van der Waals surface area contributed by atoms with Crippen LogP contribution in [0.1, 0.15) is 26.3 Å². The second-order valence-corrected chi connectivity index (χ2v) is 7.58. The summed E-state index contributed by atoms with van der Waals surface area (Å²) in [7, 11) is -1.88. The molecule has 0 saturated heterocycles. The lowest BCUT2D eigenvalue weighted by molar-refractivity contribution is 0.226. The molecule has 0 aromatic heterocycles. The molecule has 19 heavy (non-hydrogen) atoms. The van der Waals surface area contributed by atoms with E-state index in [1.165, 1.54) is 12.1 Å². The van der Waals surface area contributed by atoms with E-state index in [0.29, 0.717) is 4.47 Å². The van der Waals surface area contributed by atoms with Crippen molar-refractivity contribution in [1.82, 2.24) is 0 Å². The molecular weight excluding hydrogens is 343 g/mol. The number of benzene rings is 1. The van der Waals surface area contributed by atoms with Crippen LogP contribution in [0.4, 0.5) is 13.2 Å². The quantitative estimate of drug-likeness (QED) is 0.750. The zero-order valence-corrected chi connectivity index (χ0v) is 13.0. The summed E-state index contributed by atoms with van der Waals surface area (Å²) in [6.45, 7) is 4.81. The highest BCUT2D eigenvalue weighted by Gasteiger charge is 2.25. The summed E-state index contributed by atoms with van der Waals surface area (Å²) in [5, 5.41) is 0. The van der Waals surface area contributed by atoms with Crippen LogP contribution in [0.3, 0.4) is 0 Å². The first kappa shape index (κ1) is 16.4. The van der Waals surface area contributed by atoms with Gasteiger partial charge in [-0.1, -0.05) is 15.9 Å². The van der Waals surface area contributed by atoms with Gasteiger partial charge in [0.25, 0.3) is 6.43 Å². The van der Waals surface area contributed by atoms with Gasteiger partial charge in [-0.15, -0.1) is 0 Å². The number of rotatable bonds is 3. The predicted molar refractivity (Wildman–Crippen MR) is 74.5 cm³/mol. The Kier molecular flexibility index (Phi) is 5.32. The lowest BCUT2D eigenvalue weighted by Crippen LogP contribution is -2.23. The molecule has 0 aliphatic heterocycles. The predicted octanol–water partition coefficient (Wildman–Crippen LogP) is 4.10. The molecule has 0 fully saturated rings. The summed E-state index contributed by atoms with van der Waals surface area (Å²) in [4.78, 5) is 0. The maximum Gasteiger partial charge on any atom is 0.281 e. The van der Waals surface area contributed by atoms with Gasteiger partial charge in [-0.05, 0) is 39.0 Å². The fourth-order valence-corrected chi connectivity index (χ4v) is 2.12. The summed E-state index contributed by atoms with van der Waals surface area (Å²) in [6, 6.07) is 3.64. The van der Waals surface area contributed by atoms with E-state index in [-0.39, 0.29) is 5.56 Å². The fourth-order valence-electron chi connectivity index (χ4n) is 1.13. The van der Waals surface area contributed by atoms with Crippen LogP contribution in [-0.4, -0.2) is 21.1 Å². The van der Waals surface area contributed by atoms with Crippen molar-refractivity contribution in [3.63, 3.8) is 0 Å². The first-order chi connectivity index (χ1) is 8.62. The van der Waals surface area contributed by atoms with E-state index in [2.05, 4.69) is 20.3 Å². The summed E-state index contributed by atoms with van der Waals surface area (Å²) < 4.78 is 54.5. The van der Waals surface area contributed by atoms with Gasteiger partial charge >= 0.3 is 0 Å².